The second-order valence-corrected chi connectivity index (χ2v) is 6.62. The highest BCUT2D eigenvalue weighted by Crippen LogP contribution is 2.23. The molecule has 0 spiro atoms. The first kappa shape index (κ1) is 15.3. The maximum absolute atomic E-state index is 11.7. The van der Waals surface area contributed by atoms with Crippen LogP contribution in [0.25, 0.3) is 0 Å². The fourth-order valence-corrected chi connectivity index (χ4v) is 2.72. The molecule has 2 aromatic rings. The molecule has 0 saturated carbocycles. The third-order valence-electron chi connectivity index (χ3n) is 3.02. The first-order chi connectivity index (χ1) is 9.92. The van der Waals surface area contributed by atoms with E-state index in [1.165, 1.54) is 19.2 Å². The lowest BCUT2D eigenvalue weighted by Crippen LogP contribution is -2.23. The highest BCUT2D eigenvalue weighted by molar-refractivity contribution is 7.89. The van der Waals surface area contributed by atoms with Crippen molar-refractivity contribution in [3.05, 3.63) is 36.7 Å². The van der Waals surface area contributed by atoms with Gasteiger partial charge in [0.05, 0.1) is 22.8 Å². The molecule has 7 nitrogen and oxygen atoms in total. The Morgan fingerprint density at radius 1 is 1.43 bits per heavy atom. The molecule has 1 atom stereocenters. The topological polar surface area (TPSA) is 102 Å². The quantitative estimate of drug-likeness (QED) is 0.687. The fourth-order valence-electron chi connectivity index (χ4n) is 1.96. The predicted molar refractivity (Wildman–Crippen MR) is 82.4 cm³/mol. The molecule has 0 aliphatic carbocycles. The molecule has 0 radical (unpaired) electrons. The van der Waals surface area contributed by atoms with E-state index in [0.29, 0.717) is 17.9 Å². The highest BCUT2D eigenvalue weighted by atomic mass is 32.2. The van der Waals surface area contributed by atoms with Gasteiger partial charge in [0, 0.05) is 18.4 Å². The number of nitrogens with two attached hydrogens (primary N) is 1. The molecule has 0 fully saturated rings. The smallest absolute Gasteiger partial charge is 0.240 e. The highest BCUT2D eigenvalue weighted by Gasteiger charge is 2.13. The zero-order valence-electron chi connectivity index (χ0n) is 11.9. The summed E-state index contributed by atoms with van der Waals surface area (Å²) in [5.41, 5.74) is 7.00. The van der Waals surface area contributed by atoms with Gasteiger partial charge >= 0.3 is 0 Å². The summed E-state index contributed by atoms with van der Waals surface area (Å²) in [6, 6.07) is 6.58. The van der Waals surface area contributed by atoms with E-state index < -0.39 is 10.0 Å². The number of nitrogens with zero attached hydrogens (tertiary/aromatic N) is 2. The third-order valence-corrected chi connectivity index (χ3v) is 4.44. The Bertz CT molecular complexity index is 697. The second-order valence-electron chi connectivity index (χ2n) is 4.73. The van der Waals surface area contributed by atoms with Gasteiger partial charge in [-0.25, -0.2) is 13.1 Å². The van der Waals surface area contributed by atoms with Crippen LogP contribution in [0.5, 0.6) is 0 Å². The van der Waals surface area contributed by atoms with Crippen LogP contribution < -0.4 is 15.8 Å². The van der Waals surface area contributed by atoms with Gasteiger partial charge in [0.1, 0.15) is 0 Å². The van der Waals surface area contributed by atoms with Gasteiger partial charge in [-0.3, -0.25) is 4.68 Å². The Morgan fingerprint density at radius 3 is 2.76 bits per heavy atom. The molecule has 21 heavy (non-hydrogen) atoms. The summed E-state index contributed by atoms with van der Waals surface area (Å²) in [6.45, 7) is 2.68. The Balaban J connectivity index is 2.11. The normalized spacial score (nSPS) is 13.0. The number of hydrogen-bond donors (Lipinski definition) is 3. The number of nitrogen functional groups attached to an aromatic ring is 1. The van der Waals surface area contributed by atoms with Gasteiger partial charge in [0.15, 0.2) is 0 Å². The van der Waals surface area contributed by atoms with Crippen LogP contribution in [0.2, 0.25) is 0 Å². The number of sulfonamides is 1. The molecule has 4 N–H and O–H groups in total. The monoisotopic (exact) mass is 309 g/mol. The molecule has 2 rings (SSSR count). The first-order valence-corrected chi connectivity index (χ1v) is 7.98. The van der Waals surface area contributed by atoms with Crippen LogP contribution in [-0.4, -0.2) is 31.3 Å². The van der Waals surface area contributed by atoms with Gasteiger partial charge in [-0.1, -0.05) is 0 Å². The van der Waals surface area contributed by atoms with Crippen LogP contribution in [0.4, 0.5) is 11.4 Å². The van der Waals surface area contributed by atoms with E-state index in [-0.39, 0.29) is 10.9 Å². The molecular formula is C13H19N5O2S. The lowest BCUT2D eigenvalue weighted by molar-refractivity contribution is 0.561. The van der Waals surface area contributed by atoms with E-state index in [9.17, 15) is 8.42 Å². The molecule has 0 bridgehead atoms. The summed E-state index contributed by atoms with van der Waals surface area (Å²) in [5, 5.41) is 7.38. The van der Waals surface area contributed by atoms with Crippen molar-refractivity contribution in [3.8, 4) is 0 Å². The van der Waals surface area contributed by atoms with Crippen LogP contribution in [0, 0.1) is 0 Å². The van der Waals surface area contributed by atoms with Crippen molar-refractivity contribution >= 4 is 21.4 Å². The molecule has 1 aromatic heterocycles. The van der Waals surface area contributed by atoms with E-state index >= 15 is 0 Å². The summed E-state index contributed by atoms with van der Waals surface area (Å²) in [6.07, 6.45) is 3.60. The van der Waals surface area contributed by atoms with E-state index in [1.807, 2.05) is 23.9 Å². The van der Waals surface area contributed by atoms with Gasteiger partial charge in [-0.15, -0.1) is 0 Å². The molecular weight excluding hydrogens is 290 g/mol. The number of benzene rings is 1. The lowest BCUT2D eigenvalue weighted by Gasteiger charge is -2.17. The number of aromatic nitrogens is 2. The van der Waals surface area contributed by atoms with Crippen molar-refractivity contribution in [1.82, 2.24) is 14.5 Å². The van der Waals surface area contributed by atoms with Crippen LogP contribution in [0.15, 0.2) is 41.6 Å². The lowest BCUT2D eigenvalue weighted by atomic mass is 10.2. The van der Waals surface area contributed by atoms with Crippen LogP contribution in [-0.2, 0) is 16.6 Å². The molecule has 114 valence electrons. The molecule has 1 unspecified atom stereocenters. The Morgan fingerprint density at radius 2 is 2.19 bits per heavy atom. The minimum absolute atomic E-state index is 0.0963. The van der Waals surface area contributed by atoms with Crippen molar-refractivity contribution in [1.29, 1.82) is 0 Å². The van der Waals surface area contributed by atoms with Gasteiger partial charge in [-0.05, 0) is 38.2 Å². The van der Waals surface area contributed by atoms with Crippen molar-refractivity contribution in [2.75, 3.05) is 18.1 Å². The fraction of sp³-hybridized carbons (Fsp3) is 0.308. The van der Waals surface area contributed by atoms with Gasteiger partial charge in [-0.2, -0.15) is 5.10 Å². The molecule has 8 heteroatoms. The van der Waals surface area contributed by atoms with E-state index in [4.69, 9.17) is 5.73 Å². The SMILES string of the molecule is CNS(=O)(=O)c1ccc(NC(C)Cn2cccn2)c(N)c1. The van der Waals surface area contributed by atoms with Gasteiger partial charge in [0.25, 0.3) is 0 Å². The number of rotatable bonds is 6. The van der Waals surface area contributed by atoms with Gasteiger partial charge in [0.2, 0.25) is 10.0 Å². The summed E-state index contributed by atoms with van der Waals surface area (Å²) < 4.78 is 27.5. The minimum atomic E-state index is -3.48. The predicted octanol–water partition coefficient (Wildman–Crippen LogP) is 0.874. The Labute approximate surface area is 124 Å². The average molecular weight is 309 g/mol. The number of nitrogens with one attached hydrogen (secondary N) is 2. The number of hydrogen-bond acceptors (Lipinski definition) is 5. The molecule has 0 aliphatic heterocycles. The standard InChI is InChI=1S/C13H19N5O2S/c1-10(9-18-7-3-6-16-18)17-13-5-4-11(8-12(13)14)21(19,20)15-2/h3-8,10,15,17H,9,14H2,1-2H3. The number of anilines is 2. The van der Waals surface area contributed by atoms with Crippen molar-refractivity contribution < 1.29 is 8.42 Å². The summed E-state index contributed by atoms with van der Waals surface area (Å²) in [7, 11) is -2.11. The Kier molecular flexibility index (Phi) is 4.49. The van der Waals surface area contributed by atoms with Crippen molar-refractivity contribution in [2.45, 2.75) is 24.4 Å². The van der Waals surface area contributed by atoms with E-state index in [2.05, 4.69) is 15.1 Å². The van der Waals surface area contributed by atoms with Crippen LogP contribution in [0.1, 0.15) is 6.92 Å². The van der Waals surface area contributed by atoms with Crippen LogP contribution in [0.3, 0.4) is 0 Å². The third kappa shape index (κ3) is 3.73. The van der Waals surface area contributed by atoms with Crippen LogP contribution >= 0.6 is 0 Å². The first-order valence-electron chi connectivity index (χ1n) is 6.49. The zero-order valence-corrected chi connectivity index (χ0v) is 12.8. The maximum atomic E-state index is 11.7. The summed E-state index contributed by atoms with van der Waals surface area (Å²) in [5.74, 6) is 0. The molecule has 0 aliphatic rings. The Hall–Kier alpha value is -2.06. The maximum Gasteiger partial charge on any atom is 0.240 e. The zero-order chi connectivity index (χ0) is 15.5. The van der Waals surface area contributed by atoms with E-state index in [1.54, 1.807) is 12.3 Å². The molecule has 1 heterocycles. The average Bonchev–Trinajstić information content (AvgIpc) is 2.93. The summed E-state index contributed by atoms with van der Waals surface area (Å²) in [4.78, 5) is 0.146. The van der Waals surface area contributed by atoms with Gasteiger partial charge < -0.3 is 11.1 Å². The molecule has 0 amide bonds. The van der Waals surface area contributed by atoms with Crippen molar-refractivity contribution in [3.63, 3.8) is 0 Å². The van der Waals surface area contributed by atoms with E-state index in [0.717, 1.165) is 0 Å². The second kappa shape index (κ2) is 6.15. The minimum Gasteiger partial charge on any atom is -0.397 e. The molecule has 1 aromatic carbocycles. The molecule has 0 saturated heterocycles. The largest absolute Gasteiger partial charge is 0.397 e. The van der Waals surface area contributed by atoms with Crippen molar-refractivity contribution in [2.24, 2.45) is 0 Å². The summed E-state index contributed by atoms with van der Waals surface area (Å²) >= 11 is 0.